The second-order valence-corrected chi connectivity index (χ2v) is 4.11. The Hall–Kier alpha value is -1.14. The first-order valence-corrected chi connectivity index (χ1v) is 5.95. The number of carboxylic acid groups (broad SMARTS) is 1. The van der Waals surface area contributed by atoms with Gasteiger partial charge in [-0.1, -0.05) is 6.92 Å². The van der Waals surface area contributed by atoms with Crippen molar-refractivity contribution < 1.29 is 19.4 Å². The number of hydrogen-bond donors (Lipinski definition) is 2. The van der Waals surface area contributed by atoms with Gasteiger partial charge in [0.15, 0.2) is 0 Å². The van der Waals surface area contributed by atoms with Crippen molar-refractivity contribution in [2.45, 2.75) is 25.9 Å². The fourth-order valence-electron chi connectivity index (χ4n) is 1.75. The number of nitrogens with one attached hydrogen (secondary N) is 1. The van der Waals surface area contributed by atoms with Crippen LogP contribution in [0.15, 0.2) is 0 Å². The minimum Gasteiger partial charge on any atom is -0.481 e. The van der Waals surface area contributed by atoms with Gasteiger partial charge < -0.3 is 20.1 Å². The summed E-state index contributed by atoms with van der Waals surface area (Å²) in [6, 6.07) is 0. The van der Waals surface area contributed by atoms with Gasteiger partial charge in [-0.05, 0) is 13.0 Å². The third kappa shape index (κ3) is 5.14. The van der Waals surface area contributed by atoms with E-state index in [4.69, 9.17) is 9.84 Å². The lowest BCUT2D eigenvalue weighted by Crippen LogP contribution is -2.48. The average molecular weight is 244 g/mol. The number of aliphatic carboxylic acids is 1. The predicted octanol–water partition coefficient (Wildman–Crippen LogP) is -0.312. The highest BCUT2D eigenvalue weighted by Crippen LogP contribution is 2.08. The van der Waals surface area contributed by atoms with Crippen LogP contribution < -0.4 is 5.32 Å². The van der Waals surface area contributed by atoms with E-state index >= 15 is 0 Å². The molecule has 0 aliphatic carbocycles. The molecule has 2 N–H and O–H groups in total. The van der Waals surface area contributed by atoms with Crippen LogP contribution in [0.4, 0.5) is 0 Å². The molecule has 1 heterocycles. The number of amides is 1. The third-order valence-electron chi connectivity index (χ3n) is 2.60. The van der Waals surface area contributed by atoms with Crippen LogP contribution >= 0.6 is 0 Å². The minimum absolute atomic E-state index is 0.0112. The van der Waals surface area contributed by atoms with E-state index in [-0.39, 0.29) is 18.4 Å². The van der Waals surface area contributed by atoms with Crippen molar-refractivity contribution in [3.63, 3.8) is 0 Å². The molecule has 1 saturated heterocycles. The number of rotatable bonds is 6. The number of carbonyl (C=O) groups is 2. The number of carboxylic acids is 1. The molecule has 6 heteroatoms. The molecule has 1 atom stereocenters. The predicted molar refractivity (Wildman–Crippen MR) is 61.7 cm³/mol. The molecular weight excluding hydrogens is 224 g/mol. The summed E-state index contributed by atoms with van der Waals surface area (Å²) in [5.41, 5.74) is 0. The summed E-state index contributed by atoms with van der Waals surface area (Å²) in [5, 5.41) is 11.7. The first-order valence-electron chi connectivity index (χ1n) is 5.95. The van der Waals surface area contributed by atoms with Crippen molar-refractivity contribution in [2.24, 2.45) is 0 Å². The maximum atomic E-state index is 11.8. The van der Waals surface area contributed by atoms with Crippen LogP contribution in [-0.2, 0) is 14.3 Å². The summed E-state index contributed by atoms with van der Waals surface area (Å²) >= 11 is 0. The molecule has 0 radical (unpaired) electrons. The number of ether oxygens (including phenoxy) is 1. The van der Waals surface area contributed by atoms with Gasteiger partial charge in [-0.3, -0.25) is 9.59 Å². The Morgan fingerprint density at radius 2 is 2.29 bits per heavy atom. The maximum Gasteiger partial charge on any atom is 0.306 e. The molecule has 1 amide bonds. The number of morpholine rings is 1. The molecular formula is C11H20N2O4. The molecule has 0 aromatic rings. The lowest BCUT2D eigenvalue weighted by Gasteiger charge is -2.32. The van der Waals surface area contributed by atoms with Crippen LogP contribution in [0.3, 0.4) is 0 Å². The Kier molecular flexibility index (Phi) is 5.93. The summed E-state index contributed by atoms with van der Waals surface area (Å²) < 4.78 is 5.30. The molecule has 1 unspecified atom stereocenters. The van der Waals surface area contributed by atoms with E-state index < -0.39 is 5.97 Å². The van der Waals surface area contributed by atoms with Gasteiger partial charge in [0.2, 0.25) is 5.91 Å². The van der Waals surface area contributed by atoms with Gasteiger partial charge in [0, 0.05) is 13.1 Å². The third-order valence-corrected chi connectivity index (χ3v) is 2.60. The first kappa shape index (κ1) is 13.9. The van der Waals surface area contributed by atoms with Crippen LogP contribution in [0.2, 0.25) is 0 Å². The molecule has 1 aliphatic heterocycles. The zero-order valence-electron chi connectivity index (χ0n) is 10.1. The lowest BCUT2D eigenvalue weighted by atomic mass is 10.2. The number of hydrogen-bond acceptors (Lipinski definition) is 4. The number of nitrogens with zero attached hydrogens (tertiary/aromatic N) is 1. The molecule has 1 fully saturated rings. The van der Waals surface area contributed by atoms with E-state index in [0.29, 0.717) is 26.2 Å². The molecule has 1 aliphatic rings. The van der Waals surface area contributed by atoms with E-state index in [0.717, 1.165) is 13.0 Å². The summed E-state index contributed by atoms with van der Waals surface area (Å²) in [6.45, 7) is 4.50. The van der Waals surface area contributed by atoms with Crippen LogP contribution in [0.1, 0.15) is 19.8 Å². The maximum absolute atomic E-state index is 11.8. The SMILES string of the molecule is CCCNCC(=O)N1CCOC(CC(=O)O)C1. The van der Waals surface area contributed by atoms with Crippen molar-refractivity contribution in [1.29, 1.82) is 0 Å². The minimum atomic E-state index is -0.895. The van der Waals surface area contributed by atoms with Gasteiger partial charge in [-0.25, -0.2) is 0 Å². The zero-order valence-corrected chi connectivity index (χ0v) is 10.1. The van der Waals surface area contributed by atoms with Crippen molar-refractivity contribution in [3.8, 4) is 0 Å². The van der Waals surface area contributed by atoms with Crippen LogP contribution in [-0.4, -0.2) is 60.8 Å². The molecule has 17 heavy (non-hydrogen) atoms. The van der Waals surface area contributed by atoms with Crippen molar-refractivity contribution in [3.05, 3.63) is 0 Å². The second-order valence-electron chi connectivity index (χ2n) is 4.11. The highest BCUT2D eigenvalue weighted by Gasteiger charge is 2.25. The van der Waals surface area contributed by atoms with Gasteiger partial charge >= 0.3 is 5.97 Å². The van der Waals surface area contributed by atoms with Crippen LogP contribution in [0, 0.1) is 0 Å². The quantitative estimate of drug-likeness (QED) is 0.626. The Morgan fingerprint density at radius 1 is 1.53 bits per heavy atom. The highest BCUT2D eigenvalue weighted by molar-refractivity contribution is 5.78. The lowest BCUT2D eigenvalue weighted by molar-refractivity contribution is -0.147. The van der Waals surface area contributed by atoms with Crippen molar-refractivity contribution in [2.75, 3.05) is 32.8 Å². The van der Waals surface area contributed by atoms with E-state index in [1.807, 2.05) is 6.92 Å². The molecule has 0 saturated carbocycles. The molecule has 0 bridgehead atoms. The fourth-order valence-corrected chi connectivity index (χ4v) is 1.75. The van der Waals surface area contributed by atoms with E-state index in [1.165, 1.54) is 0 Å². The normalized spacial score (nSPS) is 20.3. The standard InChI is InChI=1S/C11H20N2O4/c1-2-3-12-7-10(14)13-4-5-17-9(8-13)6-11(15)16/h9,12H,2-8H2,1H3,(H,15,16). The molecule has 6 nitrogen and oxygen atoms in total. The summed E-state index contributed by atoms with van der Waals surface area (Å²) in [4.78, 5) is 24.0. The van der Waals surface area contributed by atoms with Crippen LogP contribution in [0.25, 0.3) is 0 Å². The molecule has 0 spiro atoms. The van der Waals surface area contributed by atoms with Crippen molar-refractivity contribution >= 4 is 11.9 Å². The Balaban J connectivity index is 2.32. The fraction of sp³-hybridized carbons (Fsp3) is 0.818. The van der Waals surface area contributed by atoms with Gasteiger partial charge in [0.1, 0.15) is 0 Å². The molecule has 1 rings (SSSR count). The molecule has 98 valence electrons. The highest BCUT2D eigenvalue weighted by atomic mass is 16.5. The van der Waals surface area contributed by atoms with Crippen LogP contribution in [0.5, 0.6) is 0 Å². The Labute approximate surface area is 101 Å². The summed E-state index contributed by atoms with van der Waals surface area (Å²) in [6.07, 6.45) is 0.556. The van der Waals surface area contributed by atoms with Gasteiger partial charge in [-0.15, -0.1) is 0 Å². The van der Waals surface area contributed by atoms with Gasteiger partial charge in [-0.2, -0.15) is 0 Å². The Bertz CT molecular complexity index is 270. The van der Waals surface area contributed by atoms with E-state index in [1.54, 1.807) is 4.90 Å². The smallest absolute Gasteiger partial charge is 0.306 e. The molecule has 0 aromatic carbocycles. The van der Waals surface area contributed by atoms with Gasteiger partial charge in [0.25, 0.3) is 0 Å². The van der Waals surface area contributed by atoms with E-state index in [9.17, 15) is 9.59 Å². The number of carbonyl (C=O) groups excluding carboxylic acids is 1. The molecule has 0 aromatic heterocycles. The van der Waals surface area contributed by atoms with Gasteiger partial charge in [0.05, 0.1) is 25.7 Å². The topological polar surface area (TPSA) is 78.9 Å². The Morgan fingerprint density at radius 3 is 2.94 bits per heavy atom. The van der Waals surface area contributed by atoms with E-state index in [2.05, 4.69) is 5.32 Å². The monoisotopic (exact) mass is 244 g/mol. The first-order chi connectivity index (χ1) is 8.13. The second kappa shape index (κ2) is 7.24. The largest absolute Gasteiger partial charge is 0.481 e. The summed E-state index contributed by atoms with van der Waals surface area (Å²) in [7, 11) is 0. The van der Waals surface area contributed by atoms with Crippen molar-refractivity contribution in [1.82, 2.24) is 10.2 Å². The summed E-state index contributed by atoms with van der Waals surface area (Å²) in [5.74, 6) is -0.884. The average Bonchev–Trinajstić information content (AvgIpc) is 2.28. The zero-order chi connectivity index (χ0) is 12.7.